The fourth-order valence-electron chi connectivity index (χ4n) is 2.98. The summed E-state index contributed by atoms with van der Waals surface area (Å²) in [6.45, 7) is 4.27. The highest BCUT2D eigenvalue weighted by atomic mass is 16.5. The Morgan fingerprint density at radius 3 is 2.46 bits per heavy atom. The van der Waals surface area contributed by atoms with E-state index in [9.17, 15) is 19.5 Å². The van der Waals surface area contributed by atoms with Crippen molar-refractivity contribution < 1.29 is 24.2 Å². The summed E-state index contributed by atoms with van der Waals surface area (Å²) in [6.07, 6.45) is 0.358. The summed E-state index contributed by atoms with van der Waals surface area (Å²) in [6, 6.07) is 6.22. The smallest absolute Gasteiger partial charge is 0.319 e. The number of aliphatic carboxylic acids is 1. The first kappa shape index (κ1) is 19.7. The van der Waals surface area contributed by atoms with Crippen molar-refractivity contribution in [3.8, 4) is 0 Å². The minimum Gasteiger partial charge on any atom is -0.481 e. The van der Waals surface area contributed by atoms with E-state index in [0.717, 1.165) is 0 Å². The van der Waals surface area contributed by atoms with Crippen LogP contribution in [0.2, 0.25) is 0 Å². The number of carboxylic acids is 1. The van der Waals surface area contributed by atoms with Gasteiger partial charge in [0, 0.05) is 37.5 Å². The second-order valence-electron chi connectivity index (χ2n) is 6.83. The predicted molar refractivity (Wildman–Crippen MR) is 96.2 cm³/mol. The number of ether oxygens (including phenoxy) is 1. The second-order valence-corrected chi connectivity index (χ2v) is 6.83. The van der Waals surface area contributed by atoms with Crippen molar-refractivity contribution in [2.24, 2.45) is 5.41 Å². The van der Waals surface area contributed by atoms with Crippen LogP contribution in [0.3, 0.4) is 0 Å². The van der Waals surface area contributed by atoms with Gasteiger partial charge in [-0.05, 0) is 44.5 Å². The number of amides is 3. The number of likely N-dealkylation sites (tertiary alicyclic amines) is 1. The molecule has 8 heteroatoms. The lowest BCUT2D eigenvalue weighted by Crippen LogP contribution is -2.40. The summed E-state index contributed by atoms with van der Waals surface area (Å²) >= 11 is 0. The molecule has 2 rings (SSSR count). The molecule has 0 aliphatic carbocycles. The van der Waals surface area contributed by atoms with Crippen LogP contribution < -0.4 is 10.6 Å². The molecule has 1 aromatic carbocycles. The molecular formula is C18H25N3O5. The van der Waals surface area contributed by atoms with E-state index in [0.29, 0.717) is 24.2 Å². The van der Waals surface area contributed by atoms with Crippen molar-refractivity contribution in [3.63, 3.8) is 0 Å². The van der Waals surface area contributed by atoms with Crippen LogP contribution in [0.4, 0.5) is 10.5 Å². The fourth-order valence-corrected chi connectivity index (χ4v) is 2.98. The number of methoxy groups -OCH3 is 1. The van der Waals surface area contributed by atoms with Crippen molar-refractivity contribution >= 4 is 23.6 Å². The number of urea groups is 1. The van der Waals surface area contributed by atoms with Crippen LogP contribution in [0.25, 0.3) is 0 Å². The molecule has 0 radical (unpaired) electrons. The average Bonchev–Trinajstić information content (AvgIpc) is 3.00. The van der Waals surface area contributed by atoms with Crippen LogP contribution in [0.5, 0.6) is 0 Å². The summed E-state index contributed by atoms with van der Waals surface area (Å²) in [5, 5.41) is 14.9. The van der Waals surface area contributed by atoms with Gasteiger partial charge in [-0.2, -0.15) is 0 Å². The highest BCUT2D eigenvalue weighted by Crippen LogP contribution is 2.32. The van der Waals surface area contributed by atoms with Crippen molar-refractivity contribution in [1.82, 2.24) is 10.2 Å². The van der Waals surface area contributed by atoms with E-state index in [2.05, 4.69) is 10.6 Å². The Labute approximate surface area is 152 Å². The molecule has 1 heterocycles. The molecule has 0 bridgehead atoms. The molecule has 1 aliphatic heterocycles. The summed E-state index contributed by atoms with van der Waals surface area (Å²) in [5.41, 5.74) is -0.0419. The van der Waals surface area contributed by atoms with Gasteiger partial charge in [-0.1, -0.05) is 0 Å². The molecule has 0 saturated carbocycles. The topological polar surface area (TPSA) is 108 Å². The average molecular weight is 363 g/mol. The minimum absolute atomic E-state index is 0.0209. The Bertz CT molecular complexity index is 674. The molecule has 1 aliphatic rings. The lowest BCUT2D eigenvalue weighted by molar-refractivity contribution is -0.151. The van der Waals surface area contributed by atoms with Crippen molar-refractivity contribution in [2.75, 3.05) is 32.1 Å². The van der Waals surface area contributed by atoms with Gasteiger partial charge >= 0.3 is 12.0 Å². The largest absolute Gasteiger partial charge is 0.481 e. The molecule has 1 saturated heterocycles. The van der Waals surface area contributed by atoms with Gasteiger partial charge in [0.15, 0.2) is 0 Å². The number of carbonyl (C=O) groups excluding carboxylic acids is 2. The van der Waals surface area contributed by atoms with Crippen LogP contribution in [-0.4, -0.2) is 60.8 Å². The summed E-state index contributed by atoms with van der Waals surface area (Å²) in [4.78, 5) is 37.4. The predicted octanol–water partition coefficient (Wildman–Crippen LogP) is 1.78. The van der Waals surface area contributed by atoms with Gasteiger partial charge in [-0.3, -0.25) is 9.59 Å². The molecule has 3 amide bonds. The van der Waals surface area contributed by atoms with E-state index in [-0.39, 0.29) is 31.1 Å². The molecule has 0 spiro atoms. The number of rotatable bonds is 6. The molecule has 1 unspecified atom stereocenters. The van der Waals surface area contributed by atoms with E-state index >= 15 is 0 Å². The molecule has 0 aromatic heterocycles. The number of carboxylic acid groups (broad SMARTS) is 1. The van der Waals surface area contributed by atoms with Crippen LogP contribution in [0.15, 0.2) is 24.3 Å². The molecular weight excluding hydrogens is 338 g/mol. The number of nitrogens with one attached hydrogen (secondary N) is 2. The van der Waals surface area contributed by atoms with Gasteiger partial charge in [0.25, 0.3) is 5.91 Å². The van der Waals surface area contributed by atoms with Crippen LogP contribution >= 0.6 is 0 Å². The molecule has 26 heavy (non-hydrogen) atoms. The minimum atomic E-state index is -1.05. The van der Waals surface area contributed by atoms with Gasteiger partial charge in [0.05, 0.1) is 6.61 Å². The fraction of sp³-hybridized carbons (Fsp3) is 0.500. The van der Waals surface area contributed by atoms with Gasteiger partial charge in [-0.15, -0.1) is 0 Å². The van der Waals surface area contributed by atoms with Crippen molar-refractivity contribution in [1.29, 1.82) is 0 Å². The maximum atomic E-state index is 12.6. The van der Waals surface area contributed by atoms with E-state index in [1.807, 2.05) is 13.8 Å². The molecule has 1 fully saturated rings. The number of anilines is 1. The number of hydrogen-bond acceptors (Lipinski definition) is 4. The number of nitrogens with zero attached hydrogens (tertiary/aromatic N) is 1. The first-order chi connectivity index (χ1) is 12.3. The van der Waals surface area contributed by atoms with Gasteiger partial charge in [0.2, 0.25) is 0 Å². The molecule has 1 atom stereocenters. The van der Waals surface area contributed by atoms with Crippen LogP contribution in [0, 0.1) is 5.41 Å². The van der Waals surface area contributed by atoms with Crippen molar-refractivity contribution in [2.45, 2.75) is 26.3 Å². The Balaban J connectivity index is 2.02. The normalized spacial score (nSPS) is 19.5. The van der Waals surface area contributed by atoms with Crippen LogP contribution in [-0.2, 0) is 9.53 Å². The van der Waals surface area contributed by atoms with Crippen LogP contribution in [0.1, 0.15) is 30.6 Å². The zero-order valence-electron chi connectivity index (χ0n) is 15.2. The molecule has 1 aromatic rings. The summed E-state index contributed by atoms with van der Waals surface area (Å²) in [7, 11) is 1.45. The number of benzene rings is 1. The van der Waals surface area contributed by atoms with Gasteiger partial charge in [-0.25, -0.2) is 4.79 Å². The summed E-state index contributed by atoms with van der Waals surface area (Å²) in [5.74, 6) is -1.19. The monoisotopic (exact) mass is 363 g/mol. The van der Waals surface area contributed by atoms with Gasteiger partial charge in [0.1, 0.15) is 5.41 Å². The molecule has 142 valence electrons. The maximum Gasteiger partial charge on any atom is 0.319 e. The van der Waals surface area contributed by atoms with Gasteiger partial charge < -0.3 is 25.4 Å². The Morgan fingerprint density at radius 2 is 1.92 bits per heavy atom. The summed E-state index contributed by atoms with van der Waals surface area (Å²) < 4.78 is 5.04. The SMILES string of the molecule is COCC1(C(=O)O)CCN(C(=O)c2ccc(NC(=O)NC(C)C)cc2)C1. The quantitative estimate of drug-likeness (QED) is 0.714. The zero-order valence-corrected chi connectivity index (χ0v) is 15.2. The zero-order chi connectivity index (χ0) is 19.3. The maximum absolute atomic E-state index is 12.6. The Kier molecular flexibility index (Phi) is 6.20. The highest BCUT2D eigenvalue weighted by Gasteiger charge is 2.46. The van der Waals surface area contributed by atoms with Crippen molar-refractivity contribution in [3.05, 3.63) is 29.8 Å². The molecule has 3 N–H and O–H groups in total. The third-order valence-corrected chi connectivity index (χ3v) is 4.32. The highest BCUT2D eigenvalue weighted by molar-refractivity contribution is 5.96. The standard InChI is InChI=1S/C18H25N3O5/c1-12(2)19-17(25)20-14-6-4-13(5-7-14)15(22)21-9-8-18(10-21,11-26-3)16(23)24/h4-7,12H,8-11H2,1-3H3,(H,23,24)(H2,19,20,25). The van der Waals surface area contributed by atoms with E-state index in [1.165, 1.54) is 12.0 Å². The second kappa shape index (κ2) is 8.18. The lowest BCUT2D eigenvalue weighted by atomic mass is 9.88. The Morgan fingerprint density at radius 1 is 1.27 bits per heavy atom. The van der Waals surface area contributed by atoms with E-state index in [4.69, 9.17) is 4.74 Å². The molecule has 8 nitrogen and oxygen atoms in total. The first-order valence-electron chi connectivity index (χ1n) is 8.46. The number of carbonyl (C=O) groups is 3. The Hall–Kier alpha value is -2.61. The van der Waals surface area contributed by atoms with E-state index < -0.39 is 11.4 Å². The third-order valence-electron chi connectivity index (χ3n) is 4.32. The number of hydrogen-bond donors (Lipinski definition) is 3. The first-order valence-corrected chi connectivity index (χ1v) is 8.46. The third kappa shape index (κ3) is 4.51. The van der Waals surface area contributed by atoms with E-state index in [1.54, 1.807) is 24.3 Å². The lowest BCUT2D eigenvalue weighted by Gasteiger charge is -2.23.